The van der Waals surface area contributed by atoms with E-state index in [1.807, 2.05) is 11.0 Å². The minimum Gasteiger partial charge on any atom is -0.363 e. The Bertz CT molecular complexity index is 1370. The van der Waals surface area contributed by atoms with E-state index in [1.165, 1.54) is 28.6 Å². The molecule has 8 nitrogen and oxygen atoms in total. The maximum absolute atomic E-state index is 12.8. The van der Waals surface area contributed by atoms with Crippen LogP contribution < -0.4 is 4.90 Å². The maximum atomic E-state index is 12.8. The average Bonchev–Trinajstić information content (AvgIpc) is 3.29. The van der Waals surface area contributed by atoms with E-state index < -0.39 is 4.92 Å². The number of benzene rings is 3. The molecule has 172 valence electrons. The molecule has 0 bridgehead atoms. The molecule has 1 aliphatic heterocycles. The highest BCUT2D eigenvalue weighted by atomic mass is 16.6. The predicted octanol–water partition coefficient (Wildman–Crippen LogP) is 4.03. The van der Waals surface area contributed by atoms with Crippen LogP contribution in [0, 0.1) is 10.1 Å². The van der Waals surface area contributed by atoms with Crippen molar-refractivity contribution in [2.75, 3.05) is 31.1 Å². The molecule has 2 heterocycles. The summed E-state index contributed by atoms with van der Waals surface area (Å²) in [5.41, 5.74) is 2.04. The van der Waals surface area contributed by atoms with Crippen LogP contribution in [-0.2, 0) is 13.6 Å². The lowest BCUT2D eigenvalue weighted by atomic mass is 10.0. The first-order valence-corrected chi connectivity index (χ1v) is 11.3. The van der Waals surface area contributed by atoms with Gasteiger partial charge in [0.05, 0.1) is 4.92 Å². The molecule has 0 saturated carbocycles. The number of aromatic nitrogens is 2. The lowest BCUT2D eigenvalue weighted by molar-refractivity contribution is -0.384. The highest BCUT2D eigenvalue weighted by molar-refractivity contribution is 6.07. The number of nitrogens with zero attached hydrogens (tertiary/aromatic N) is 5. The van der Waals surface area contributed by atoms with E-state index in [0.717, 1.165) is 19.6 Å². The number of ketones is 1. The maximum Gasteiger partial charge on any atom is 0.293 e. The number of aryl methyl sites for hydroxylation is 1. The molecule has 0 radical (unpaired) electrons. The van der Waals surface area contributed by atoms with Crippen molar-refractivity contribution in [3.05, 3.63) is 100 Å². The van der Waals surface area contributed by atoms with Crippen LogP contribution in [0.4, 0.5) is 11.4 Å². The van der Waals surface area contributed by atoms with Gasteiger partial charge in [0.15, 0.2) is 5.82 Å². The molecule has 0 atom stereocenters. The molecule has 0 spiro atoms. The summed E-state index contributed by atoms with van der Waals surface area (Å²) in [6.45, 7) is 3.80. The first-order valence-electron chi connectivity index (χ1n) is 11.3. The molecule has 0 unspecified atom stereocenters. The second-order valence-electron chi connectivity index (χ2n) is 8.55. The predicted molar refractivity (Wildman–Crippen MR) is 131 cm³/mol. The normalized spacial score (nSPS) is 14.4. The topological polar surface area (TPSA) is 84.5 Å². The molecule has 8 heteroatoms. The van der Waals surface area contributed by atoms with Gasteiger partial charge in [-0.15, -0.1) is 0 Å². The number of carbonyl (C=O) groups is 1. The van der Waals surface area contributed by atoms with Crippen LogP contribution in [-0.4, -0.2) is 51.3 Å². The van der Waals surface area contributed by atoms with Crippen LogP contribution in [0.3, 0.4) is 0 Å². The third kappa shape index (κ3) is 4.15. The summed E-state index contributed by atoms with van der Waals surface area (Å²) >= 11 is 0. The van der Waals surface area contributed by atoms with Gasteiger partial charge in [-0.2, -0.15) is 0 Å². The second kappa shape index (κ2) is 9.07. The molecular weight excluding hydrogens is 430 g/mol. The van der Waals surface area contributed by atoms with Crippen molar-refractivity contribution in [3.63, 3.8) is 0 Å². The van der Waals surface area contributed by atoms with Crippen LogP contribution in [0.25, 0.3) is 10.8 Å². The van der Waals surface area contributed by atoms with Gasteiger partial charge >= 0.3 is 0 Å². The highest BCUT2D eigenvalue weighted by Crippen LogP contribution is 2.31. The van der Waals surface area contributed by atoms with Crippen LogP contribution >= 0.6 is 0 Å². The molecule has 0 aliphatic carbocycles. The van der Waals surface area contributed by atoms with Gasteiger partial charge in [-0.3, -0.25) is 19.8 Å². The molecule has 4 aromatic rings. The first kappa shape index (κ1) is 21.8. The Kier molecular flexibility index (Phi) is 5.81. The van der Waals surface area contributed by atoms with Gasteiger partial charge in [-0.1, -0.05) is 42.5 Å². The number of imidazole rings is 1. The molecule has 1 saturated heterocycles. The minimum absolute atomic E-state index is 0.0532. The molecule has 1 aromatic heterocycles. The van der Waals surface area contributed by atoms with E-state index in [4.69, 9.17) is 0 Å². The summed E-state index contributed by atoms with van der Waals surface area (Å²) in [5, 5.41) is 14.4. The Morgan fingerprint density at radius 2 is 1.79 bits per heavy atom. The van der Waals surface area contributed by atoms with Gasteiger partial charge in [0, 0.05) is 63.8 Å². The van der Waals surface area contributed by atoms with E-state index in [9.17, 15) is 14.9 Å². The quantitative estimate of drug-likeness (QED) is 0.248. The number of fused-ring (bicyclic) bond motifs is 1. The number of nitro benzene ring substituents is 1. The monoisotopic (exact) mass is 455 g/mol. The Hall–Kier alpha value is -4.04. The lowest BCUT2D eigenvalue weighted by Crippen LogP contribution is -2.46. The van der Waals surface area contributed by atoms with Crippen molar-refractivity contribution in [1.82, 2.24) is 14.5 Å². The number of anilines is 1. The van der Waals surface area contributed by atoms with Gasteiger partial charge in [0.2, 0.25) is 5.78 Å². The van der Waals surface area contributed by atoms with E-state index in [-0.39, 0.29) is 22.9 Å². The Labute approximate surface area is 197 Å². The van der Waals surface area contributed by atoms with Gasteiger partial charge in [-0.25, -0.2) is 4.98 Å². The summed E-state index contributed by atoms with van der Waals surface area (Å²) in [5.74, 6) is -0.0776. The molecule has 0 N–H and O–H groups in total. The fraction of sp³-hybridized carbons (Fsp3) is 0.231. The molecule has 0 amide bonds. The summed E-state index contributed by atoms with van der Waals surface area (Å²) in [6, 6.07) is 19.5. The number of rotatable bonds is 6. The van der Waals surface area contributed by atoms with Crippen LogP contribution in [0.15, 0.2) is 73.1 Å². The Morgan fingerprint density at radius 1 is 1.03 bits per heavy atom. The molecule has 1 fully saturated rings. The van der Waals surface area contributed by atoms with Crippen molar-refractivity contribution in [3.8, 4) is 0 Å². The minimum atomic E-state index is -0.410. The van der Waals surface area contributed by atoms with Crippen molar-refractivity contribution < 1.29 is 9.72 Å². The van der Waals surface area contributed by atoms with Crippen LogP contribution in [0.2, 0.25) is 0 Å². The molecule has 34 heavy (non-hydrogen) atoms. The average molecular weight is 456 g/mol. The molecular formula is C26H25N5O3. The van der Waals surface area contributed by atoms with Gasteiger partial charge in [-0.05, 0) is 28.5 Å². The summed E-state index contributed by atoms with van der Waals surface area (Å²) < 4.78 is 1.61. The number of hydrogen-bond acceptors (Lipinski definition) is 6. The second-order valence-corrected chi connectivity index (χ2v) is 8.55. The van der Waals surface area contributed by atoms with Crippen LogP contribution in [0.1, 0.15) is 21.7 Å². The van der Waals surface area contributed by atoms with Crippen molar-refractivity contribution in [1.29, 1.82) is 0 Å². The van der Waals surface area contributed by atoms with Gasteiger partial charge in [0.25, 0.3) is 5.69 Å². The van der Waals surface area contributed by atoms with E-state index in [1.54, 1.807) is 29.9 Å². The lowest BCUT2D eigenvalue weighted by Gasteiger charge is -2.36. The number of piperazine rings is 1. The van der Waals surface area contributed by atoms with Gasteiger partial charge < -0.3 is 9.47 Å². The largest absolute Gasteiger partial charge is 0.363 e. The number of hydrogen-bond donors (Lipinski definition) is 0. The van der Waals surface area contributed by atoms with Crippen molar-refractivity contribution in [2.24, 2.45) is 7.05 Å². The number of nitro groups is 1. The SMILES string of the molecule is Cn1ccnc1C(=O)c1ccc(N2CCN(Cc3cccc4ccccc34)CC2)c([N+](=O)[O-])c1. The zero-order valence-electron chi connectivity index (χ0n) is 18.9. The molecule has 1 aliphatic rings. The summed E-state index contributed by atoms with van der Waals surface area (Å²) in [6.07, 6.45) is 3.21. The van der Waals surface area contributed by atoms with Crippen molar-refractivity contribution in [2.45, 2.75) is 6.54 Å². The van der Waals surface area contributed by atoms with Crippen LogP contribution in [0.5, 0.6) is 0 Å². The molecule has 3 aromatic carbocycles. The van der Waals surface area contributed by atoms with E-state index >= 15 is 0 Å². The Morgan fingerprint density at radius 3 is 2.53 bits per heavy atom. The smallest absolute Gasteiger partial charge is 0.293 e. The fourth-order valence-electron chi connectivity index (χ4n) is 4.61. The summed E-state index contributed by atoms with van der Waals surface area (Å²) in [7, 11) is 1.72. The van der Waals surface area contributed by atoms with Gasteiger partial charge in [0.1, 0.15) is 5.69 Å². The highest BCUT2D eigenvalue weighted by Gasteiger charge is 2.26. The molecule has 5 rings (SSSR count). The van der Waals surface area contributed by atoms with E-state index in [2.05, 4.69) is 46.3 Å². The summed E-state index contributed by atoms with van der Waals surface area (Å²) in [4.78, 5) is 32.7. The number of carbonyl (C=O) groups excluding carboxylic acids is 1. The van der Waals surface area contributed by atoms with Crippen molar-refractivity contribution >= 4 is 27.9 Å². The standard InChI is InChI=1S/C26H25N5O3/c1-28-12-11-27-26(28)25(32)20-9-10-23(24(17-20)31(33)34)30-15-13-29(14-16-30)18-21-7-4-6-19-5-2-3-8-22(19)21/h2-12,17H,13-16,18H2,1H3. The zero-order valence-corrected chi connectivity index (χ0v) is 18.9. The third-order valence-corrected chi connectivity index (χ3v) is 6.45. The fourth-order valence-corrected chi connectivity index (χ4v) is 4.61. The third-order valence-electron chi connectivity index (χ3n) is 6.45. The van der Waals surface area contributed by atoms with E-state index in [0.29, 0.717) is 18.8 Å². The zero-order chi connectivity index (χ0) is 23.7. The Balaban J connectivity index is 1.32. The first-order chi connectivity index (χ1) is 16.5.